The van der Waals surface area contributed by atoms with Gasteiger partial charge in [0.15, 0.2) is 0 Å². The number of benzene rings is 2. The summed E-state index contributed by atoms with van der Waals surface area (Å²) >= 11 is 5.95. The molecular weight excluding hydrogens is 424 g/mol. The molecule has 5 aromatic rings. The van der Waals surface area contributed by atoms with E-state index in [1.807, 2.05) is 61.8 Å². The molecule has 32 heavy (non-hydrogen) atoms. The van der Waals surface area contributed by atoms with E-state index in [0.717, 1.165) is 22.0 Å². The van der Waals surface area contributed by atoms with E-state index < -0.39 is 0 Å². The molecule has 158 valence electrons. The molecule has 0 unspecified atom stereocenters. The van der Waals surface area contributed by atoms with Crippen LogP contribution >= 0.6 is 11.6 Å². The van der Waals surface area contributed by atoms with Gasteiger partial charge in [-0.05, 0) is 29.8 Å². The third-order valence-corrected chi connectivity index (χ3v) is 5.36. The number of para-hydroxylation sites is 1. The zero-order chi connectivity index (χ0) is 22.1. The maximum absolute atomic E-state index is 13.2. The lowest BCUT2D eigenvalue weighted by Crippen LogP contribution is -2.12. The normalized spacial score (nSPS) is 11.1. The first-order valence-electron chi connectivity index (χ1n) is 10.0. The lowest BCUT2D eigenvalue weighted by Gasteiger charge is -2.09. The monoisotopic (exact) mass is 442 g/mol. The van der Waals surface area contributed by atoms with Gasteiger partial charge in [0.2, 0.25) is 0 Å². The van der Waals surface area contributed by atoms with Gasteiger partial charge >= 0.3 is 0 Å². The molecule has 8 heteroatoms. The number of hydrogen-bond acceptors (Lipinski definition) is 4. The van der Waals surface area contributed by atoms with Crippen LogP contribution in [0.2, 0.25) is 5.02 Å². The number of nitrogens with zero attached hydrogens (tertiary/aromatic N) is 5. The largest absolute Gasteiger partial charge is 0.319 e. The molecule has 0 radical (unpaired) electrons. The number of nitrogens with one attached hydrogen (secondary N) is 1. The van der Waals surface area contributed by atoms with Gasteiger partial charge in [-0.15, -0.1) is 0 Å². The van der Waals surface area contributed by atoms with E-state index in [2.05, 4.69) is 15.5 Å². The summed E-state index contributed by atoms with van der Waals surface area (Å²) in [5.74, 6) is -0.222. The minimum atomic E-state index is -0.222. The molecule has 0 aliphatic heterocycles. The molecule has 0 aliphatic rings. The van der Waals surface area contributed by atoms with E-state index in [9.17, 15) is 4.79 Å². The van der Waals surface area contributed by atoms with E-state index in [-0.39, 0.29) is 5.91 Å². The lowest BCUT2D eigenvalue weighted by atomic mass is 10.0. The Hall–Kier alpha value is -3.97. The van der Waals surface area contributed by atoms with Crippen LogP contribution in [0.3, 0.4) is 0 Å². The van der Waals surface area contributed by atoms with Crippen molar-refractivity contribution in [2.75, 3.05) is 5.32 Å². The van der Waals surface area contributed by atoms with Crippen LogP contribution in [-0.4, -0.2) is 30.5 Å². The summed E-state index contributed by atoms with van der Waals surface area (Å²) in [7, 11) is 1.85. The third-order valence-electron chi connectivity index (χ3n) is 5.11. The molecule has 0 aliphatic carbocycles. The summed E-state index contributed by atoms with van der Waals surface area (Å²) in [5, 5.41) is 13.0. The predicted molar refractivity (Wildman–Crippen MR) is 125 cm³/mol. The number of carbonyl (C=O) groups excluding carboxylic acids is 1. The standard InChI is InChI=1S/C24H19ClN6O/c1-30-14-17(11-26-30)23-10-21(20-4-2-3-5-22(20)29-23)24(32)28-19-12-27-31(15-19)13-16-6-8-18(25)9-7-16/h2-12,14-15H,13H2,1H3,(H,28,32). The van der Waals surface area contributed by atoms with Crippen LogP contribution in [0.25, 0.3) is 22.2 Å². The van der Waals surface area contributed by atoms with Crippen molar-refractivity contribution in [2.45, 2.75) is 6.54 Å². The first-order chi connectivity index (χ1) is 15.5. The van der Waals surface area contributed by atoms with Gasteiger partial charge in [0.05, 0.1) is 41.4 Å². The number of aryl methyl sites for hydroxylation is 1. The quantitative estimate of drug-likeness (QED) is 0.424. The van der Waals surface area contributed by atoms with Gasteiger partial charge in [-0.25, -0.2) is 4.98 Å². The Morgan fingerprint density at radius 3 is 2.62 bits per heavy atom. The summed E-state index contributed by atoms with van der Waals surface area (Å²) < 4.78 is 3.48. The maximum atomic E-state index is 13.2. The molecule has 5 rings (SSSR count). The van der Waals surface area contributed by atoms with Crippen LogP contribution < -0.4 is 5.32 Å². The molecular formula is C24H19ClN6O. The van der Waals surface area contributed by atoms with Crippen LogP contribution in [0.1, 0.15) is 15.9 Å². The van der Waals surface area contributed by atoms with E-state index in [0.29, 0.717) is 28.5 Å². The SMILES string of the molecule is Cn1cc(-c2cc(C(=O)Nc3cnn(Cc4ccc(Cl)cc4)c3)c3ccccc3n2)cn1. The molecule has 1 amide bonds. The predicted octanol–water partition coefficient (Wildman–Crippen LogP) is 4.79. The Balaban J connectivity index is 1.42. The lowest BCUT2D eigenvalue weighted by molar-refractivity contribution is 0.102. The highest BCUT2D eigenvalue weighted by Crippen LogP contribution is 2.25. The Bertz CT molecular complexity index is 1420. The number of halogens is 1. The van der Waals surface area contributed by atoms with Crippen LogP contribution in [0, 0.1) is 0 Å². The van der Waals surface area contributed by atoms with Crippen molar-refractivity contribution in [1.82, 2.24) is 24.5 Å². The number of fused-ring (bicyclic) bond motifs is 1. The number of pyridine rings is 1. The summed E-state index contributed by atoms with van der Waals surface area (Å²) in [6, 6.07) is 17.0. The van der Waals surface area contributed by atoms with E-state index in [4.69, 9.17) is 16.6 Å². The molecule has 2 aromatic carbocycles. The molecule has 3 aromatic heterocycles. The van der Waals surface area contributed by atoms with Gasteiger partial charge in [0.1, 0.15) is 0 Å². The maximum Gasteiger partial charge on any atom is 0.256 e. The first-order valence-corrected chi connectivity index (χ1v) is 10.4. The second-order valence-corrected chi connectivity index (χ2v) is 7.92. The molecule has 0 saturated heterocycles. The van der Waals surface area contributed by atoms with Crippen molar-refractivity contribution in [3.05, 3.63) is 95.5 Å². The molecule has 0 atom stereocenters. The summed E-state index contributed by atoms with van der Waals surface area (Å²) in [6.07, 6.45) is 7.05. The van der Waals surface area contributed by atoms with Gasteiger partial charge < -0.3 is 5.32 Å². The van der Waals surface area contributed by atoms with E-state index in [1.165, 1.54) is 0 Å². The molecule has 3 heterocycles. The fourth-order valence-corrected chi connectivity index (χ4v) is 3.68. The number of rotatable bonds is 5. The summed E-state index contributed by atoms with van der Waals surface area (Å²) in [5.41, 5.74) is 4.52. The molecule has 0 spiro atoms. The zero-order valence-electron chi connectivity index (χ0n) is 17.2. The Morgan fingerprint density at radius 2 is 1.84 bits per heavy atom. The smallest absolute Gasteiger partial charge is 0.256 e. The Labute approximate surface area is 189 Å². The average molecular weight is 443 g/mol. The van der Waals surface area contributed by atoms with Gasteiger partial charge in [0, 0.05) is 35.4 Å². The van der Waals surface area contributed by atoms with Crippen molar-refractivity contribution in [3.63, 3.8) is 0 Å². The highest BCUT2D eigenvalue weighted by atomic mass is 35.5. The van der Waals surface area contributed by atoms with Gasteiger partial charge in [-0.1, -0.05) is 41.9 Å². The molecule has 0 bridgehead atoms. The fourth-order valence-electron chi connectivity index (χ4n) is 3.55. The Morgan fingerprint density at radius 1 is 1.03 bits per heavy atom. The molecule has 1 N–H and O–H groups in total. The van der Waals surface area contributed by atoms with Crippen LogP contribution in [-0.2, 0) is 13.6 Å². The van der Waals surface area contributed by atoms with Crippen molar-refractivity contribution >= 4 is 34.1 Å². The van der Waals surface area contributed by atoms with Gasteiger partial charge in [0.25, 0.3) is 5.91 Å². The van der Waals surface area contributed by atoms with Gasteiger partial charge in [-0.2, -0.15) is 10.2 Å². The van der Waals surface area contributed by atoms with E-state index in [1.54, 1.807) is 34.0 Å². The fraction of sp³-hybridized carbons (Fsp3) is 0.0833. The van der Waals surface area contributed by atoms with Crippen LogP contribution in [0.15, 0.2) is 79.4 Å². The van der Waals surface area contributed by atoms with Gasteiger partial charge in [-0.3, -0.25) is 14.2 Å². The van der Waals surface area contributed by atoms with Crippen molar-refractivity contribution in [1.29, 1.82) is 0 Å². The molecule has 0 fully saturated rings. The topological polar surface area (TPSA) is 77.6 Å². The number of hydrogen-bond donors (Lipinski definition) is 1. The Kier molecular flexibility index (Phi) is 5.17. The molecule has 0 saturated carbocycles. The third kappa shape index (κ3) is 4.10. The van der Waals surface area contributed by atoms with Crippen molar-refractivity contribution in [3.8, 4) is 11.3 Å². The van der Waals surface area contributed by atoms with E-state index >= 15 is 0 Å². The van der Waals surface area contributed by atoms with Crippen LogP contribution in [0.4, 0.5) is 5.69 Å². The number of amides is 1. The minimum absolute atomic E-state index is 0.222. The first kappa shape index (κ1) is 20.0. The minimum Gasteiger partial charge on any atom is -0.319 e. The number of anilines is 1. The average Bonchev–Trinajstić information content (AvgIpc) is 3.43. The number of carbonyl (C=O) groups is 1. The highest BCUT2D eigenvalue weighted by Gasteiger charge is 2.15. The zero-order valence-corrected chi connectivity index (χ0v) is 18.0. The molecule has 7 nitrogen and oxygen atoms in total. The second-order valence-electron chi connectivity index (χ2n) is 7.48. The summed E-state index contributed by atoms with van der Waals surface area (Å²) in [4.78, 5) is 17.9. The van der Waals surface area contributed by atoms with Crippen molar-refractivity contribution in [2.24, 2.45) is 7.05 Å². The second kappa shape index (κ2) is 8.28. The summed E-state index contributed by atoms with van der Waals surface area (Å²) in [6.45, 7) is 0.580. The number of aromatic nitrogens is 5. The highest BCUT2D eigenvalue weighted by molar-refractivity contribution is 6.30. The van der Waals surface area contributed by atoms with Crippen LogP contribution in [0.5, 0.6) is 0 Å². The van der Waals surface area contributed by atoms with Crippen molar-refractivity contribution < 1.29 is 4.79 Å².